The zero-order valence-corrected chi connectivity index (χ0v) is 13.8. The molecule has 118 valence electrons. The minimum absolute atomic E-state index is 0.123. The summed E-state index contributed by atoms with van der Waals surface area (Å²) in [5, 5.41) is 8.92. The third-order valence-corrected chi connectivity index (χ3v) is 3.31. The van der Waals surface area contributed by atoms with Crippen LogP contribution in [-0.2, 0) is 9.53 Å². The number of benzene rings is 2. The minimum Gasteiger partial charge on any atom is -0.490 e. The second-order valence-corrected chi connectivity index (χ2v) is 5.34. The molecule has 23 heavy (non-hydrogen) atoms. The predicted octanol–water partition coefficient (Wildman–Crippen LogP) is 3.32. The van der Waals surface area contributed by atoms with Gasteiger partial charge < -0.3 is 14.2 Å². The fourth-order valence-electron chi connectivity index (χ4n) is 1.71. The van der Waals surface area contributed by atoms with Crippen LogP contribution in [-0.4, -0.2) is 25.8 Å². The molecule has 0 aromatic heterocycles. The lowest BCUT2D eigenvalue weighted by Gasteiger charge is -2.09. The van der Waals surface area contributed by atoms with Crippen molar-refractivity contribution in [3.63, 3.8) is 0 Å². The lowest BCUT2D eigenvalue weighted by atomic mass is 10.2. The van der Waals surface area contributed by atoms with Gasteiger partial charge in [0, 0.05) is 4.47 Å². The van der Waals surface area contributed by atoms with E-state index in [1.807, 2.05) is 30.3 Å². The Hall–Kier alpha value is -2.52. The molecule has 0 bridgehead atoms. The van der Waals surface area contributed by atoms with Crippen molar-refractivity contribution in [2.24, 2.45) is 0 Å². The monoisotopic (exact) mass is 375 g/mol. The fraction of sp³-hybridized carbons (Fsp3) is 0.176. The predicted molar refractivity (Wildman–Crippen MR) is 87.2 cm³/mol. The molecule has 0 heterocycles. The lowest BCUT2D eigenvalue weighted by molar-refractivity contribution is -0.146. The second-order valence-electron chi connectivity index (χ2n) is 4.42. The molecule has 0 radical (unpaired) electrons. The van der Waals surface area contributed by atoms with Gasteiger partial charge in [-0.15, -0.1) is 0 Å². The van der Waals surface area contributed by atoms with Crippen LogP contribution in [0.2, 0.25) is 0 Å². The summed E-state index contributed by atoms with van der Waals surface area (Å²) in [5.74, 6) is 0.540. The summed E-state index contributed by atoms with van der Waals surface area (Å²) in [4.78, 5) is 11.6. The van der Waals surface area contributed by atoms with Crippen LogP contribution in [0.5, 0.6) is 11.5 Å². The number of hydrogen-bond donors (Lipinski definition) is 0. The molecule has 0 amide bonds. The number of nitriles is 1. The maximum Gasteiger partial charge on any atom is 0.344 e. The van der Waals surface area contributed by atoms with Crippen molar-refractivity contribution in [3.05, 3.63) is 58.6 Å². The fourth-order valence-corrected chi connectivity index (χ4v) is 1.97. The third-order valence-electron chi connectivity index (χ3n) is 2.78. The highest BCUT2D eigenvalue weighted by atomic mass is 79.9. The van der Waals surface area contributed by atoms with Crippen molar-refractivity contribution in [2.45, 2.75) is 0 Å². The van der Waals surface area contributed by atoms with E-state index in [0.717, 1.165) is 4.47 Å². The Balaban J connectivity index is 1.67. The van der Waals surface area contributed by atoms with Crippen LogP contribution in [0.15, 0.2) is 53.0 Å². The van der Waals surface area contributed by atoms with Gasteiger partial charge in [0.2, 0.25) is 0 Å². The van der Waals surface area contributed by atoms with E-state index in [2.05, 4.69) is 15.9 Å². The molecule has 0 N–H and O–H groups in total. The summed E-state index contributed by atoms with van der Waals surface area (Å²) >= 11 is 3.33. The Labute approximate surface area is 142 Å². The maximum atomic E-state index is 11.6. The minimum atomic E-state index is -0.517. The highest BCUT2D eigenvalue weighted by Crippen LogP contribution is 2.17. The molecule has 2 rings (SSSR count). The topological polar surface area (TPSA) is 68.5 Å². The van der Waals surface area contributed by atoms with Crippen LogP contribution in [0.3, 0.4) is 0 Å². The zero-order valence-electron chi connectivity index (χ0n) is 12.2. The van der Waals surface area contributed by atoms with Crippen LogP contribution < -0.4 is 9.47 Å². The summed E-state index contributed by atoms with van der Waals surface area (Å²) in [6, 6.07) is 16.0. The van der Waals surface area contributed by atoms with Crippen LogP contribution in [0, 0.1) is 11.3 Å². The van der Waals surface area contributed by atoms with Gasteiger partial charge in [0.1, 0.15) is 30.8 Å². The Kier molecular flexibility index (Phi) is 6.45. The molecular formula is C17H14BrNO4. The number of nitrogens with zero attached hydrogens (tertiary/aromatic N) is 1. The third kappa shape index (κ3) is 5.64. The van der Waals surface area contributed by atoms with Gasteiger partial charge in [0.05, 0.1) is 5.56 Å². The van der Waals surface area contributed by atoms with Crippen molar-refractivity contribution < 1.29 is 19.0 Å². The SMILES string of the molecule is N#Cc1ccccc1OCC(=O)OCCOc1ccc(Br)cc1. The second kappa shape index (κ2) is 8.81. The first-order valence-corrected chi connectivity index (χ1v) is 7.64. The number of carbonyl (C=O) groups is 1. The van der Waals surface area contributed by atoms with Crippen LogP contribution in [0.25, 0.3) is 0 Å². The Morgan fingerprint density at radius 2 is 1.78 bits per heavy atom. The highest BCUT2D eigenvalue weighted by Gasteiger charge is 2.07. The summed E-state index contributed by atoms with van der Waals surface area (Å²) in [6.45, 7) is 0.122. The van der Waals surface area contributed by atoms with Crippen LogP contribution >= 0.6 is 15.9 Å². The first-order valence-electron chi connectivity index (χ1n) is 6.85. The van der Waals surface area contributed by atoms with Crippen LogP contribution in [0.1, 0.15) is 5.56 Å². The Morgan fingerprint density at radius 3 is 2.52 bits per heavy atom. The van der Waals surface area contributed by atoms with Gasteiger partial charge in [0.25, 0.3) is 0 Å². The molecule has 0 unspecified atom stereocenters. The van der Waals surface area contributed by atoms with Crippen molar-refractivity contribution in [1.29, 1.82) is 5.26 Å². The normalized spacial score (nSPS) is 9.74. The highest BCUT2D eigenvalue weighted by molar-refractivity contribution is 9.10. The molecule has 0 fully saturated rings. The lowest BCUT2D eigenvalue weighted by Crippen LogP contribution is -2.18. The summed E-state index contributed by atoms with van der Waals surface area (Å²) in [7, 11) is 0. The van der Waals surface area contributed by atoms with E-state index in [1.54, 1.807) is 24.3 Å². The van der Waals surface area contributed by atoms with E-state index in [4.69, 9.17) is 19.5 Å². The molecule has 0 aliphatic rings. The van der Waals surface area contributed by atoms with Gasteiger partial charge in [-0.2, -0.15) is 5.26 Å². The zero-order chi connectivity index (χ0) is 16.5. The van der Waals surface area contributed by atoms with E-state index < -0.39 is 5.97 Å². The smallest absolute Gasteiger partial charge is 0.344 e. The van der Waals surface area contributed by atoms with Gasteiger partial charge in [-0.1, -0.05) is 28.1 Å². The van der Waals surface area contributed by atoms with Crippen molar-refractivity contribution >= 4 is 21.9 Å². The van der Waals surface area contributed by atoms with Gasteiger partial charge in [0.15, 0.2) is 6.61 Å². The van der Waals surface area contributed by atoms with E-state index in [-0.39, 0.29) is 19.8 Å². The van der Waals surface area contributed by atoms with E-state index in [1.165, 1.54) is 0 Å². The van der Waals surface area contributed by atoms with E-state index in [0.29, 0.717) is 17.1 Å². The molecule has 5 nitrogen and oxygen atoms in total. The van der Waals surface area contributed by atoms with E-state index in [9.17, 15) is 4.79 Å². The van der Waals surface area contributed by atoms with Gasteiger partial charge in [-0.25, -0.2) is 4.79 Å². The summed E-state index contributed by atoms with van der Waals surface area (Å²) < 4.78 is 16.7. The number of para-hydroxylation sites is 1. The van der Waals surface area contributed by atoms with Gasteiger partial charge in [-0.05, 0) is 36.4 Å². The summed E-state index contributed by atoms with van der Waals surface area (Å²) in [5.41, 5.74) is 0.374. The van der Waals surface area contributed by atoms with Crippen LogP contribution in [0.4, 0.5) is 0 Å². The number of halogens is 1. The molecule has 0 aliphatic heterocycles. The summed E-state index contributed by atoms with van der Waals surface area (Å²) in [6.07, 6.45) is 0. The maximum absolute atomic E-state index is 11.6. The molecule has 0 atom stereocenters. The number of carbonyl (C=O) groups excluding carboxylic acids is 1. The first kappa shape index (κ1) is 16.8. The standard InChI is InChI=1S/C17H14BrNO4/c18-14-5-7-15(8-6-14)21-9-10-22-17(20)12-23-16-4-2-1-3-13(16)11-19/h1-8H,9-10,12H2. The Morgan fingerprint density at radius 1 is 1.04 bits per heavy atom. The molecule has 0 spiro atoms. The van der Waals surface area contributed by atoms with E-state index >= 15 is 0 Å². The Bertz CT molecular complexity index is 694. The number of hydrogen-bond acceptors (Lipinski definition) is 5. The van der Waals surface area contributed by atoms with Gasteiger partial charge in [-0.3, -0.25) is 0 Å². The van der Waals surface area contributed by atoms with Crippen molar-refractivity contribution in [1.82, 2.24) is 0 Å². The molecule has 0 aliphatic carbocycles. The molecule has 2 aromatic rings. The number of ether oxygens (including phenoxy) is 3. The first-order chi connectivity index (χ1) is 11.2. The van der Waals surface area contributed by atoms with Crippen molar-refractivity contribution in [2.75, 3.05) is 19.8 Å². The van der Waals surface area contributed by atoms with Crippen molar-refractivity contribution in [3.8, 4) is 17.6 Å². The van der Waals surface area contributed by atoms with Gasteiger partial charge >= 0.3 is 5.97 Å². The molecule has 0 saturated heterocycles. The molecule has 0 saturated carbocycles. The molecule has 2 aromatic carbocycles. The molecular weight excluding hydrogens is 362 g/mol. The quantitative estimate of drug-likeness (QED) is 0.548. The average Bonchev–Trinajstić information content (AvgIpc) is 2.58. The number of rotatable bonds is 7. The molecule has 6 heteroatoms. The number of esters is 1. The largest absolute Gasteiger partial charge is 0.490 e. The average molecular weight is 376 g/mol.